The van der Waals surface area contributed by atoms with E-state index < -0.39 is 0 Å². The van der Waals surface area contributed by atoms with Crippen molar-refractivity contribution in [3.63, 3.8) is 0 Å². The van der Waals surface area contributed by atoms with E-state index in [1.165, 1.54) is 0 Å². The molecule has 2 atom stereocenters. The molecule has 4 rings (SSSR count). The molecule has 0 radical (unpaired) electrons. The SMILES string of the molecule is CC(C)c1nc(C(=O)N2C[C@H]3CC[C@@H]2CN(CC(=O)N(C)C)C3)cs1. The van der Waals surface area contributed by atoms with Gasteiger partial charge < -0.3 is 9.80 Å². The predicted octanol–water partition coefficient (Wildman–Crippen LogP) is 1.89. The Kier molecular flexibility index (Phi) is 5.43. The summed E-state index contributed by atoms with van der Waals surface area (Å²) in [5, 5.41) is 2.91. The number of hydrogen-bond acceptors (Lipinski definition) is 5. The van der Waals surface area contributed by atoms with Crippen LogP contribution in [0.5, 0.6) is 0 Å². The van der Waals surface area contributed by atoms with Gasteiger partial charge in [0.1, 0.15) is 5.69 Å². The molecular weight excluding hydrogens is 336 g/mol. The van der Waals surface area contributed by atoms with E-state index in [4.69, 9.17) is 0 Å². The number of fused-ring (bicyclic) bond motifs is 4. The van der Waals surface area contributed by atoms with Crippen molar-refractivity contribution in [2.75, 3.05) is 40.3 Å². The Hall–Kier alpha value is -1.47. The molecule has 1 aromatic rings. The Balaban J connectivity index is 1.71. The van der Waals surface area contributed by atoms with Crippen molar-refractivity contribution >= 4 is 23.2 Å². The minimum atomic E-state index is 0.0543. The van der Waals surface area contributed by atoms with Crippen LogP contribution in [0.1, 0.15) is 48.1 Å². The molecule has 3 fully saturated rings. The quantitative estimate of drug-likeness (QED) is 0.819. The number of amides is 2. The average molecular weight is 365 g/mol. The smallest absolute Gasteiger partial charge is 0.273 e. The fraction of sp³-hybridized carbons (Fsp3) is 0.722. The fourth-order valence-corrected chi connectivity index (χ4v) is 4.50. The van der Waals surface area contributed by atoms with Crippen LogP contribution in [0, 0.1) is 5.92 Å². The number of likely N-dealkylation sites (N-methyl/N-ethyl adjacent to an activating group) is 1. The van der Waals surface area contributed by atoms with Crippen LogP contribution in [0.3, 0.4) is 0 Å². The summed E-state index contributed by atoms with van der Waals surface area (Å²) in [7, 11) is 3.58. The summed E-state index contributed by atoms with van der Waals surface area (Å²) in [6, 6.07) is 0.186. The van der Waals surface area contributed by atoms with Crippen LogP contribution < -0.4 is 0 Å². The summed E-state index contributed by atoms with van der Waals surface area (Å²) in [6.07, 6.45) is 2.15. The number of nitrogens with zero attached hydrogens (tertiary/aromatic N) is 4. The molecule has 4 heterocycles. The maximum absolute atomic E-state index is 13.0. The highest BCUT2D eigenvalue weighted by molar-refractivity contribution is 7.09. The van der Waals surface area contributed by atoms with Crippen LogP contribution in [0.4, 0.5) is 0 Å². The van der Waals surface area contributed by atoms with Gasteiger partial charge >= 0.3 is 0 Å². The van der Waals surface area contributed by atoms with Gasteiger partial charge in [-0.3, -0.25) is 14.5 Å². The largest absolute Gasteiger partial charge is 0.348 e. The number of piperidine rings is 1. The first-order chi connectivity index (χ1) is 11.8. The Labute approximate surface area is 153 Å². The topological polar surface area (TPSA) is 56.8 Å². The van der Waals surface area contributed by atoms with E-state index in [0.717, 1.165) is 37.5 Å². The second-order valence-corrected chi connectivity index (χ2v) is 8.65. The third-order valence-corrected chi connectivity index (χ3v) is 6.29. The first-order valence-corrected chi connectivity index (χ1v) is 9.92. The van der Waals surface area contributed by atoms with Gasteiger partial charge in [0.05, 0.1) is 11.6 Å². The van der Waals surface area contributed by atoms with E-state index in [2.05, 4.69) is 23.7 Å². The molecule has 0 aliphatic carbocycles. The number of thiazole rings is 1. The lowest BCUT2D eigenvalue weighted by Gasteiger charge is -2.35. The Morgan fingerprint density at radius 1 is 1.28 bits per heavy atom. The summed E-state index contributed by atoms with van der Waals surface area (Å²) in [6.45, 7) is 7.10. The molecule has 0 N–H and O–H groups in total. The van der Waals surface area contributed by atoms with Crippen molar-refractivity contribution in [1.82, 2.24) is 19.7 Å². The maximum atomic E-state index is 13.0. The molecule has 3 aliphatic rings. The molecule has 25 heavy (non-hydrogen) atoms. The highest BCUT2D eigenvalue weighted by atomic mass is 32.1. The van der Waals surface area contributed by atoms with Crippen molar-refractivity contribution in [3.8, 4) is 0 Å². The van der Waals surface area contributed by atoms with Gasteiger partial charge in [0.15, 0.2) is 0 Å². The first-order valence-electron chi connectivity index (χ1n) is 9.04. The molecule has 0 saturated carbocycles. The van der Waals surface area contributed by atoms with Gasteiger partial charge in [-0.25, -0.2) is 4.98 Å². The standard InChI is InChI=1S/C18H28N4O2S/c1-12(2)17-19-15(11-25-17)18(24)22-8-13-5-6-14(22)9-21(7-13)10-16(23)20(3)4/h11-14H,5-10H2,1-4H3/t13-,14+/m0/s1. The van der Waals surface area contributed by atoms with Crippen LogP contribution in [0.15, 0.2) is 5.38 Å². The van der Waals surface area contributed by atoms with Crippen molar-refractivity contribution in [1.29, 1.82) is 0 Å². The van der Waals surface area contributed by atoms with E-state index in [1.54, 1.807) is 30.3 Å². The lowest BCUT2D eigenvalue weighted by molar-refractivity contribution is -0.129. The number of rotatable bonds is 4. The Morgan fingerprint density at radius 3 is 2.68 bits per heavy atom. The zero-order valence-electron chi connectivity index (χ0n) is 15.6. The summed E-state index contributed by atoms with van der Waals surface area (Å²) in [4.78, 5) is 35.5. The van der Waals surface area contributed by atoms with E-state index in [-0.39, 0.29) is 17.9 Å². The Morgan fingerprint density at radius 2 is 2.04 bits per heavy atom. The predicted molar refractivity (Wildman–Crippen MR) is 98.9 cm³/mol. The molecule has 0 spiro atoms. The summed E-state index contributed by atoms with van der Waals surface area (Å²) < 4.78 is 0. The van der Waals surface area contributed by atoms with E-state index in [1.807, 2.05) is 10.3 Å². The number of carbonyl (C=O) groups excluding carboxylic acids is 2. The molecular formula is C18H28N4O2S. The summed E-state index contributed by atoms with van der Waals surface area (Å²) in [5.41, 5.74) is 0.581. The van der Waals surface area contributed by atoms with Gasteiger partial charge in [-0.15, -0.1) is 11.3 Å². The molecule has 2 amide bonds. The lowest BCUT2D eigenvalue weighted by atomic mass is 9.95. The van der Waals surface area contributed by atoms with Crippen LogP contribution in [-0.4, -0.2) is 77.8 Å². The van der Waals surface area contributed by atoms with E-state index >= 15 is 0 Å². The van der Waals surface area contributed by atoms with Gasteiger partial charge in [0.25, 0.3) is 5.91 Å². The Bertz CT molecular complexity index is 643. The van der Waals surface area contributed by atoms with Crippen LogP contribution in [0.2, 0.25) is 0 Å². The number of aromatic nitrogens is 1. The highest BCUT2D eigenvalue weighted by Gasteiger charge is 2.38. The summed E-state index contributed by atoms with van der Waals surface area (Å²) in [5.74, 6) is 0.972. The van der Waals surface area contributed by atoms with E-state index in [9.17, 15) is 9.59 Å². The van der Waals surface area contributed by atoms with E-state index in [0.29, 0.717) is 24.1 Å². The molecule has 1 aromatic heterocycles. The second kappa shape index (κ2) is 7.41. The lowest BCUT2D eigenvalue weighted by Crippen LogP contribution is -2.48. The van der Waals surface area contributed by atoms with Crippen molar-refractivity contribution in [2.45, 2.75) is 38.6 Å². The van der Waals surface area contributed by atoms with Gasteiger partial charge in [-0.2, -0.15) is 0 Å². The molecule has 3 saturated heterocycles. The van der Waals surface area contributed by atoms with Crippen LogP contribution in [-0.2, 0) is 4.79 Å². The highest BCUT2D eigenvalue weighted by Crippen LogP contribution is 2.30. The van der Waals surface area contributed by atoms with Crippen LogP contribution in [0.25, 0.3) is 0 Å². The molecule has 2 bridgehead atoms. The van der Waals surface area contributed by atoms with Crippen molar-refractivity contribution < 1.29 is 9.59 Å². The monoisotopic (exact) mass is 364 g/mol. The van der Waals surface area contributed by atoms with Crippen molar-refractivity contribution in [3.05, 3.63) is 16.1 Å². The zero-order chi connectivity index (χ0) is 18.1. The molecule has 7 heteroatoms. The third kappa shape index (κ3) is 4.03. The van der Waals surface area contributed by atoms with Gasteiger partial charge in [0.2, 0.25) is 5.91 Å². The molecule has 6 nitrogen and oxygen atoms in total. The van der Waals surface area contributed by atoms with Gasteiger partial charge in [-0.1, -0.05) is 13.8 Å². The minimum Gasteiger partial charge on any atom is -0.348 e. The maximum Gasteiger partial charge on any atom is 0.273 e. The van der Waals surface area contributed by atoms with Crippen LogP contribution >= 0.6 is 11.3 Å². The fourth-order valence-electron chi connectivity index (χ4n) is 3.69. The molecule has 3 aliphatic heterocycles. The van der Waals surface area contributed by atoms with Gasteiger partial charge in [-0.05, 0) is 18.8 Å². The third-order valence-electron chi connectivity index (χ3n) is 5.14. The normalized spacial score (nSPS) is 23.8. The zero-order valence-corrected chi connectivity index (χ0v) is 16.4. The first kappa shape index (κ1) is 18.3. The minimum absolute atomic E-state index is 0.0543. The average Bonchev–Trinajstić information content (AvgIpc) is 2.90. The number of hydrogen-bond donors (Lipinski definition) is 0. The second-order valence-electron chi connectivity index (χ2n) is 7.76. The molecule has 0 aromatic carbocycles. The summed E-state index contributed by atoms with van der Waals surface area (Å²) >= 11 is 1.57. The van der Waals surface area contributed by atoms with Crippen molar-refractivity contribution in [2.24, 2.45) is 5.92 Å². The number of carbonyl (C=O) groups is 2. The molecule has 138 valence electrons. The van der Waals surface area contributed by atoms with Gasteiger partial charge in [0, 0.05) is 51.1 Å². The molecule has 0 unspecified atom stereocenters.